The summed E-state index contributed by atoms with van der Waals surface area (Å²) < 4.78 is 6.05. The highest BCUT2D eigenvalue weighted by molar-refractivity contribution is 6.08. The van der Waals surface area contributed by atoms with Crippen molar-refractivity contribution in [2.24, 2.45) is 23.7 Å². The van der Waals surface area contributed by atoms with Crippen LogP contribution in [0, 0.1) is 23.7 Å². The Morgan fingerprint density at radius 1 is 0.966 bits per heavy atom. The fourth-order valence-corrected chi connectivity index (χ4v) is 4.42. The van der Waals surface area contributed by atoms with E-state index in [2.05, 4.69) is 20.8 Å². The Morgan fingerprint density at radius 3 is 2.21 bits per heavy atom. The predicted octanol–water partition coefficient (Wildman–Crippen LogP) is 5.73. The lowest BCUT2D eigenvalue weighted by atomic mass is 9.75. The van der Waals surface area contributed by atoms with Gasteiger partial charge < -0.3 is 4.74 Å². The van der Waals surface area contributed by atoms with Crippen LogP contribution in [0.3, 0.4) is 0 Å². The highest BCUT2D eigenvalue weighted by Gasteiger charge is 2.37. The maximum atomic E-state index is 13.3. The van der Waals surface area contributed by atoms with Crippen molar-refractivity contribution in [2.75, 3.05) is 0 Å². The summed E-state index contributed by atoms with van der Waals surface area (Å²) >= 11 is 0. The summed E-state index contributed by atoms with van der Waals surface area (Å²) in [6.45, 7) is 6.60. The molecule has 0 spiro atoms. The topological polar surface area (TPSA) is 43.4 Å². The first-order valence-electron chi connectivity index (χ1n) is 10.8. The molecule has 3 heteroatoms. The molecule has 0 saturated heterocycles. The van der Waals surface area contributed by atoms with Crippen LogP contribution in [0.5, 0.6) is 0 Å². The van der Waals surface area contributed by atoms with Crippen molar-refractivity contribution in [3.05, 3.63) is 71.8 Å². The van der Waals surface area contributed by atoms with Crippen molar-refractivity contribution in [3.63, 3.8) is 0 Å². The molecule has 0 aromatic heterocycles. The SMILES string of the molecule is CC(C)[C@H]1CC[C@H](C)C[C@H]1OC(=O)[C@@H](Cc1ccccc1)C(=O)c1ccccc1. The summed E-state index contributed by atoms with van der Waals surface area (Å²) in [6, 6.07) is 18.8. The molecular formula is C26H32O3. The van der Waals surface area contributed by atoms with Gasteiger partial charge in [-0.05, 0) is 42.6 Å². The molecule has 1 fully saturated rings. The number of benzene rings is 2. The standard InChI is InChI=1S/C26H32O3/c1-18(2)22-15-14-19(3)16-24(22)29-26(28)23(17-20-10-6-4-7-11-20)25(27)21-12-8-5-9-13-21/h4-13,18-19,22-24H,14-17H2,1-3H3/t19-,22+,23-,24+/m0/s1. The number of ketones is 1. The van der Waals surface area contributed by atoms with Crippen LogP contribution >= 0.6 is 0 Å². The molecule has 3 nitrogen and oxygen atoms in total. The Labute approximate surface area is 174 Å². The van der Waals surface area contributed by atoms with Crippen LogP contribution in [0.15, 0.2) is 60.7 Å². The van der Waals surface area contributed by atoms with E-state index in [-0.39, 0.29) is 17.9 Å². The van der Waals surface area contributed by atoms with Crippen LogP contribution in [0.1, 0.15) is 56.0 Å². The Hall–Kier alpha value is -2.42. The minimum Gasteiger partial charge on any atom is -0.461 e. The van der Waals surface area contributed by atoms with Gasteiger partial charge in [-0.1, -0.05) is 87.9 Å². The maximum Gasteiger partial charge on any atom is 0.317 e. The number of rotatable bonds is 7. The zero-order valence-electron chi connectivity index (χ0n) is 17.7. The number of carbonyl (C=O) groups is 2. The summed E-state index contributed by atoms with van der Waals surface area (Å²) in [4.78, 5) is 26.5. The van der Waals surface area contributed by atoms with Gasteiger partial charge in [0.1, 0.15) is 12.0 Å². The van der Waals surface area contributed by atoms with E-state index >= 15 is 0 Å². The lowest BCUT2D eigenvalue weighted by Crippen LogP contribution is -2.39. The number of hydrogen-bond donors (Lipinski definition) is 0. The first-order valence-corrected chi connectivity index (χ1v) is 10.8. The third kappa shape index (κ3) is 5.56. The van der Waals surface area contributed by atoms with Crippen LogP contribution < -0.4 is 0 Å². The molecule has 0 radical (unpaired) electrons. The average Bonchev–Trinajstić information content (AvgIpc) is 2.72. The van der Waals surface area contributed by atoms with Gasteiger partial charge in [0, 0.05) is 5.56 Å². The van der Waals surface area contributed by atoms with Crippen molar-refractivity contribution in [3.8, 4) is 0 Å². The molecule has 154 valence electrons. The van der Waals surface area contributed by atoms with E-state index in [1.165, 1.54) is 6.42 Å². The zero-order valence-corrected chi connectivity index (χ0v) is 17.7. The van der Waals surface area contributed by atoms with E-state index in [1.807, 2.05) is 48.5 Å². The molecule has 0 amide bonds. The van der Waals surface area contributed by atoms with Gasteiger partial charge in [-0.2, -0.15) is 0 Å². The summed E-state index contributed by atoms with van der Waals surface area (Å²) in [6.07, 6.45) is 3.39. The van der Waals surface area contributed by atoms with Gasteiger partial charge in [0.2, 0.25) is 0 Å². The lowest BCUT2D eigenvalue weighted by molar-refractivity contribution is -0.159. The average molecular weight is 393 g/mol. The molecule has 3 rings (SSSR count). The Kier molecular flexibility index (Phi) is 7.24. The molecule has 1 aliphatic carbocycles. The van der Waals surface area contributed by atoms with Crippen LogP contribution in [0.4, 0.5) is 0 Å². The number of hydrogen-bond acceptors (Lipinski definition) is 3. The minimum atomic E-state index is -0.815. The van der Waals surface area contributed by atoms with Gasteiger partial charge in [0.05, 0.1) is 0 Å². The van der Waals surface area contributed by atoms with E-state index < -0.39 is 5.92 Å². The zero-order chi connectivity index (χ0) is 20.8. The Bertz CT molecular complexity index is 797. The van der Waals surface area contributed by atoms with Crippen LogP contribution in [0.25, 0.3) is 0 Å². The van der Waals surface area contributed by atoms with E-state index in [1.54, 1.807) is 12.1 Å². The molecular weight excluding hydrogens is 360 g/mol. The third-order valence-corrected chi connectivity index (χ3v) is 6.17. The van der Waals surface area contributed by atoms with E-state index in [0.717, 1.165) is 18.4 Å². The number of ether oxygens (including phenoxy) is 1. The van der Waals surface area contributed by atoms with Crippen molar-refractivity contribution in [2.45, 2.75) is 52.6 Å². The van der Waals surface area contributed by atoms with Crippen molar-refractivity contribution in [1.29, 1.82) is 0 Å². The third-order valence-electron chi connectivity index (χ3n) is 6.17. The first kappa shape index (κ1) is 21.3. The second kappa shape index (κ2) is 9.87. The fourth-order valence-electron chi connectivity index (χ4n) is 4.42. The highest BCUT2D eigenvalue weighted by atomic mass is 16.5. The summed E-state index contributed by atoms with van der Waals surface area (Å²) in [5.74, 6) is -0.000965. The molecule has 0 aliphatic heterocycles. The molecule has 0 heterocycles. The summed E-state index contributed by atoms with van der Waals surface area (Å²) in [7, 11) is 0. The van der Waals surface area contributed by atoms with Crippen LogP contribution in [0.2, 0.25) is 0 Å². The highest BCUT2D eigenvalue weighted by Crippen LogP contribution is 2.36. The number of esters is 1. The maximum absolute atomic E-state index is 13.3. The monoisotopic (exact) mass is 392 g/mol. The normalized spacial score (nSPS) is 22.8. The summed E-state index contributed by atoms with van der Waals surface area (Å²) in [5, 5.41) is 0. The minimum absolute atomic E-state index is 0.104. The van der Waals surface area contributed by atoms with Gasteiger partial charge in [0.25, 0.3) is 0 Å². The smallest absolute Gasteiger partial charge is 0.317 e. The molecule has 0 N–H and O–H groups in total. The van der Waals surface area contributed by atoms with Crippen LogP contribution in [-0.4, -0.2) is 17.9 Å². The number of Topliss-reactive ketones (excluding diaryl/α,β-unsaturated/α-hetero) is 1. The molecule has 2 aromatic rings. The molecule has 0 unspecified atom stereocenters. The van der Waals surface area contributed by atoms with Crippen LogP contribution in [-0.2, 0) is 16.0 Å². The van der Waals surface area contributed by atoms with Gasteiger partial charge >= 0.3 is 5.97 Å². The lowest BCUT2D eigenvalue weighted by Gasteiger charge is -2.37. The molecule has 29 heavy (non-hydrogen) atoms. The second-order valence-electron chi connectivity index (χ2n) is 8.77. The molecule has 0 bridgehead atoms. The van der Waals surface area contributed by atoms with Gasteiger partial charge in [-0.3, -0.25) is 9.59 Å². The van der Waals surface area contributed by atoms with Crippen molar-refractivity contribution >= 4 is 11.8 Å². The largest absolute Gasteiger partial charge is 0.461 e. The Morgan fingerprint density at radius 2 is 1.59 bits per heavy atom. The van der Waals surface area contributed by atoms with Gasteiger partial charge in [0.15, 0.2) is 5.78 Å². The first-order chi connectivity index (χ1) is 14.0. The van der Waals surface area contributed by atoms with E-state index in [4.69, 9.17) is 4.74 Å². The molecule has 1 saturated carbocycles. The quantitative estimate of drug-likeness (QED) is 0.343. The van der Waals surface area contributed by atoms with Gasteiger partial charge in [-0.25, -0.2) is 0 Å². The van der Waals surface area contributed by atoms with Crippen molar-refractivity contribution in [1.82, 2.24) is 0 Å². The number of carbonyl (C=O) groups excluding carboxylic acids is 2. The molecule has 4 atom stereocenters. The second-order valence-corrected chi connectivity index (χ2v) is 8.77. The van der Waals surface area contributed by atoms with Gasteiger partial charge in [-0.15, -0.1) is 0 Å². The van der Waals surface area contributed by atoms with E-state index in [0.29, 0.717) is 29.7 Å². The molecule has 1 aliphatic rings. The Balaban J connectivity index is 1.82. The fraction of sp³-hybridized carbons (Fsp3) is 0.462. The summed E-state index contributed by atoms with van der Waals surface area (Å²) in [5.41, 5.74) is 1.53. The van der Waals surface area contributed by atoms with E-state index in [9.17, 15) is 9.59 Å². The molecule has 2 aromatic carbocycles. The van der Waals surface area contributed by atoms with Crippen molar-refractivity contribution < 1.29 is 14.3 Å². The predicted molar refractivity (Wildman–Crippen MR) is 116 cm³/mol.